The molecule has 0 aliphatic carbocycles. The van der Waals surface area contributed by atoms with Gasteiger partial charge in [-0.2, -0.15) is 12.6 Å². The van der Waals surface area contributed by atoms with Crippen molar-refractivity contribution < 1.29 is 29.4 Å². The first-order chi connectivity index (χ1) is 15.1. The van der Waals surface area contributed by atoms with Gasteiger partial charge in [0.15, 0.2) is 0 Å². The minimum atomic E-state index is -1.43. The molecule has 0 aliphatic rings. The van der Waals surface area contributed by atoms with Crippen molar-refractivity contribution in [3.63, 3.8) is 0 Å². The molecule has 0 bridgehead atoms. The van der Waals surface area contributed by atoms with Crippen LogP contribution in [0.25, 0.3) is 0 Å². The second-order valence-corrected chi connectivity index (χ2v) is 7.91. The molecule has 0 radical (unpaired) electrons. The van der Waals surface area contributed by atoms with Gasteiger partial charge in [0, 0.05) is 5.75 Å². The van der Waals surface area contributed by atoms with Gasteiger partial charge in [-0.1, -0.05) is 6.42 Å². The number of nitrogens with one attached hydrogen (secondary N) is 3. The quantitative estimate of drug-likeness (QED) is 0.0789. The number of carboxylic acid groups (broad SMARTS) is 1. The zero-order valence-electron chi connectivity index (χ0n) is 18.5. The molecule has 11 N–H and O–H groups in total. The molecule has 3 amide bonds. The lowest BCUT2D eigenvalue weighted by Gasteiger charge is -2.26. The number of carbonyl (C=O) groups excluding carboxylic acids is 3. The van der Waals surface area contributed by atoms with E-state index < -0.39 is 54.0 Å². The Morgan fingerprint density at radius 3 is 1.84 bits per heavy atom. The van der Waals surface area contributed by atoms with Crippen LogP contribution in [0.15, 0.2) is 0 Å². The highest BCUT2D eigenvalue weighted by Crippen LogP contribution is 2.04. The van der Waals surface area contributed by atoms with Crippen LogP contribution in [0.2, 0.25) is 0 Å². The van der Waals surface area contributed by atoms with E-state index in [4.69, 9.17) is 17.2 Å². The molecule has 0 saturated carbocycles. The standard InChI is InChI=1S/C19H38N6O6S/c1-11(26)15(18(29)23-13(19(30)31)7-3-5-9-21)25-17(28)14(10-32)24-16(27)12(22)6-2-4-8-20/h11-15,26,32H,2-10,20-22H2,1H3,(H,23,29)(H,24,27)(H,25,28)(H,30,31). The number of hydrogen-bond acceptors (Lipinski definition) is 9. The number of hydrogen-bond donors (Lipinski definition) is 9. The lowest BCUT2D eigenvalue weighted by atomic mass is 10.1. The fourth-order valence-electron chi connectivity index (χ4n) is 2.78. The second-order valence-electron chi connectivity index (χ2n) is 7.55. The summed E-state index contributed by atoms with van der Waals surface area (Å²) in [4.78, 5) is 48.8. The van der Waals surface area contributed by atoms with E-state index in [9.17, 15) is 29.4 Å². The summed E-state index contributed by atoms with van der Waals surface area (Å²) in [5.41, 5.74) is 16.6. The largest absolute Gasteiger partial charge is 0.480 e. The number of rotatable bonds is 17. The fraction of sp³-hybridized carbons (Fsp3) is 0.789. The first kappa shape index (κ1) is 30.1. The number of aliphatic carboxylic acids is 1. The summed E-state index contributed by atoms with van der Waals surface area (Å²) >= 11 is 4.06. The summed E-state index contributed by atoms with van der Waals surface area (Å²) in [6.45, 7) is 2.14. The summed E-state index contributed by atoms with van der Waals surface area (Å²) < 4.78 is 0. The summed E-state index contributed by atoms with van der Waals surface area (Å²) in [5, 5.41) is 26.4. The molecule has 186 valence electrons. The monoisotopic (exact) mass is 478 g/mol. The van der Waals surface area contributed by atoms with Crippen molar-refractivity contribution in [2.75, 3.05) is 18.8 Å². The fourth-order valence-corrected chi connectivity index (χ4v) is 3.04. The minimum Gasteiger partial charge on any atom is -0.480 e. The third-order valence-electron chi connectivity index (χ3n) is 4.75. The summed E-state index contributed by atoms with van der Waals surface area (Å²) in [5.74, 6) is -3.51. The van der Waals surface area contributed by atoms with Crippen molar-refractivity contribution in [3.05, 3.63) is 0 Å². The molecule has 13 heteroatoms. The summed E-state index contributed by atoms with van der Waals surface area (Å²) in [7, 11) is 0. The number of nitrogens with two attached hydrogens (primary N) is 3. The molecule has 0 spiro atoms. The highest BCUT2D eigenvalue weighted by molar-refractivity contribution is 7.80. The molecule has 12 nitrogen and oxygen atoms in total. The van der Waals surface area contributed by atoms with Gasteiger partial charge >= 0.3 is 5.97 Å². The topological polar surface area (TPSA) is 223 Å². The third-order valence-corrected chi connectivity index (χ3v) is 5.11. The maximum absolute atomic E-state index is 12.6. The molecule has 0 heterocycles. The van der Waals surface area contributed by atoms with Crippen LogP contribution in [-0.2, 0) is 19.2 Å². The Hall–Kier alpha value is -1.93. The Labute approximate surface area is 193 Å². The first-order valence-electron chi connectivity index (χ1n) is 10.7. The zero-order chi connectivity index (χ0) is 24.7. The Morgan fingerprint density at radius 2 is 1.38 bits per heavy atom. The Balaban J connectivity index is 5.04. The normalized spacial score (nSPS) is 15.7. The third kappa shape index (κ3) is 11.6. The van der Waals surface area contributed by atoms with E-state index in [-0.39, 0.29) is 12.2 Å². The number of amides is 3. The van der Waals surface area contributed by atoms with E-state index in [2.05, 4.69) is 28.6 Å². The molecule has 0 aliphatic heterocycles. The van der Waals surface area contributed by atoms with Crippen molar-refractivity contribution >= 4 is 36.3 Å². The van der Waals surface area contributed by atoms with Crippen LogP contribution >= 0.6 is 12.6 Å². The van der Waals surface area contributed by atoms with Gasteiger partial charge in [0.1, 0.15) is 18.1 Å². The van der Waals surface area contributed by atoms with Gasteiger partial charge in [-0.05, 0) is 52.1 Å². The molecule has 0 saturated heterocycles. The average Bonchev–Trinajstić information content (AvgIpc) is 2.74. The van der Waals surface area contributed by atoms with Gasteiger partial charge < -0.3 is 43.4 Å². The van der Waals surface area contributed by atoms with Crippen molar-refractivity contribution in [1.82, 2.24) is 16.0 Å². The van der Waals surface area contributed by atoms with Crippen LogP contribution in [0.4, 0.5) is 0 Å². The van der Waals surface area contributed by atoms with Crippen LogP contribution in [0.1, 0.15) is 45.4 Å². The predicted molar refractivity (Wildman–Crippen MR) is 123 cm³/mol. The van der Waals surface area contributed by atoms with Gasteiger partial charge in [-0.3, -0.25) is 14.4 Å². The van der Waals surface area contributed by atoms with Crippen LogP contribution in [0.5, 0.6) is 0 Å². The number of unbranched alkanes of at least 4 members (excludes halogenated alkanes) is 2. The maximum Gasteiger partial charge on any atom is 0.326 e. The van der Waals surface area contributed by atoms with E-state index in [1.54, 1.807) is 0 Å². The van der Waals surface area contributed by atoms with E-state index in [0.29, 0.717) is 45.2 Å². The molecule has 0 aromatic carbocycles. The molecular formula is C19H38N6O6S. The van der Waals surface area contributed by atoms with E-state index in [0.717, 1.165) is 0 Å². The van der Waals surface area contributed by atoms with Crippen LogP contribution in [0.3, 0.4) is 0 Å². The van der Waals surface area contributed by atoms with Crippen LogP contribution in [-0.4, -0.2) is 83.0 Å². The van der Waals surface area contributed by atoms with E-state index in [1.807, 2.05) is 0 Å². The zero-order valence-corrected chi connectivity index (χ0v) is 19.4. The van der Waals surface area contributed by atoms with Gasteiger partial charge in [-0.25, -0.2) is 4.79 Å². The molecule has 0 fully saturated rings. The van der Waals surface area contributed by atoms with Crippen molar-refractivity contribution in [2.24, 2.45) is 17.2 Å². The molecular weight excluding hydrogens is 440 g/mol. The smallest absolute Gasteiger partial charge is 0.326 e. The SMILES string of the molecule is CC(O)C(NC(=O)C(CS)NC(=O)C(N)CCCCN)C(=O)NC(CCCCN)C(=O)O. The highest BCUT2D eigenvalue weighted by atomic mass is 32.1. The van der Waals surface area contributed by atoms with E-state index in [1.165, 1.54) is 6.92 Å². The number of thiol groups is 1. The second kappa shape index (κ2) is 16.7. The van der Waals surface area contributed by atoms with Gasteiger partial charge in [0.25, 0.3) is 0 Å². The number of aliphatic hydroxyl groups is 1. The Kier molecular flexibility index (Phi) is 15.7. The van der Waals surface area contributed by atoms with Gasteiger partial charge in [0.2, 0.25) is 17.7 Å². The van der Waals surface area contributed by atoms with Crippen LogP contribution < -0.4 is 33.2 Å². The number of carboxylic acids is 1. The lowest BCUT2D eigenvalue weighted by molar-refractivity contribution is -0.143. The molecule has 0 aromatic heterocycles. The van der Waals surface area contributed by atoms with Crippen molar-refractivity contribution in [2.45, 2.75) is 75.7 Å². The number of aliphatic hydroxyl groups excluding tert-OH is 1. The minimum absolute atomic E-state index is 0.0852. The van der Waals surface area contributed by atoms with Crippen molar-refractivity contribution in [1.29, 1.82) is 0 Å². The van der Waals surface area contributed by atoms with Gasteiger partial charge in [0.05, 0.1) is 12.1 Å². The molecule has 0 aromatic rings. The Bertz CT molecular complexity index is 609. The first-order valence-corrected chi connectivity index (χ1v) is 11.3. The lowest BCUT2D eigenvalue weighted by Crippen LogP contribution is -2.60. The van der Waals surface area contributed by atoms with E-state index >= 15 is 0 Å². The highest BCUT2D eigenvalue weighted by Gasteiger charge is 2.32. The van der Waals surface area contributed by atoms with Gasteiger partial charge in [-0.15, -0.1) is 0 Å². The maximum atomic E-state index is 12.6. The molecule has 0 rings (SSSR count). The number of carbonyl (C=O) groups is 4. The molecule has 5 unspecified atom stereocenters. The average molecular weight is 479 g/mol. The van der Waals surface area contributed by atoms with Crippen LogP contribution in [0, 0.1) is 0 Å². The molecule has 5 atom stereocenters. The Morgan fingerprint density at radius 1 is 0.844 bits per heavy atom. The summed E-state index contributed by atoms with van der Waals surface area (Å²) in [6, 6.07) is -4.58. The van der Waals surface area contributed by atoms with Crippen molar-refractivity contribution in [3.8, 4) is 0 Å². The summed E-state index contributed by atoms with van der Waals surface area (Å²) in [6.07, 6.45) is 1.66. The predicted octanol–water partition coefficient (Wildman–Crippen LogP) is -2.58. The molecule has 32 heavy (non-hydrogen) atoms.